The first-order valence-electron chi connectivity index (χ1n) is 16.8. The monoisotopic (exact) mass is 844 g/mol. The quantitative estimate of drug-likeness (QED) is 0.0812. The third-order valence-electron chi connectivity index (χ3n) is 8.22. The largest absolute Gasteiger partial charge is 0.483 e. The Morgan fingerprint density at radius 3 is 1.39 bits per heavy atom. The summed E-state index contributed by atoms with van der Waals surface area (Å²) in [7, 11) is 0. The van der Waals surface area contributed by atoms with Crippen LogP contribution in [0.15, 0.2) is 134 Å². The maximum absolute atomic E-state index is 13.4. The topological polar surface area (TPSA) is 133 Å². The minimum absolute atomic E-state index is 0.115. The predicted molar refractivity (Wildman–Crippen MR) is 207 cm³/mol. The first-order chi connectivity index (χ1) is 26.5. The van der Waals surface area contributed by atoms with Crippen LogP contribution in [0.4, 0.5) is 0 Å². The molecule has 0 amide bonds. The van der Waals surface area contributed by atoms with E-state index in [0.717, 1.165) is 11.4 Å². The van der Waals surface area contributed by atoms with Gasteiger partial charge in [-0.3, -0.25) is 4.79 Å². The maximum Gasteiger partial charge on any atom is 0.193 e. The van der Waals surface area contributed by atoms with Gasteiger partial charge in [-0.25, -0.2) is 28.7 Å². The minimum Gasteiger partial charge on any atom is -0.483 e. The Labute approximate surface area is 326 Å². The van der Waals surface area contributed by atoms with Crippen molar-refractivity contribution in [3.05, 3.63) is 168 Å². The molecule has 15 heteroatoms. The second-order valence-corrected chi connectivity index (χ2v) is 13.0. The van der Waals surface area contributed by atoms with E-state index in [0.29, 0.717) is 67.9 Å². The molecule has 0 fully saturated rings. The average Bonchev–Trinajstić information content (AvgIpc) is 4.07. The predicted octanol–water partition coefficient (Wildman–Crippen LogP) is 7.40. The number of rotatable bonds is 14. The first kappa shape index (κ1) is 34.9. The molecule has 0 saturated carbocycles. The van der Waals surface area contributed by atoms with Crippen LogP contribution in [0.25, 0.3) is 23.3 Å². The molecule has 0 N–H and O–H groups in total. The standard InChI is InChI=1S/C39H30Br2N10O3/c40-23-29-14-18-48(44-29)35-8-4-10-37(42-35)50-20-16-31(46-50)25-53-33-13-12-28(39(52)27-6-2-1-3-7-27)22-34(33)54-26-32-17-21-51(47-32)38-11-5-9-36(43-38)49-19-15-30(24-41)45-49/h1-22H,23-26H2. The van der Waals surface area contributed by atoms with E-state index in [4.69, 9.17) is 29.6 Å². The Bertz CT molecular complexity index is 2540. The highest BCUT2D eigenvalue weighted by Crippen LogP contribution is 2.31. The van der Waals surface area contributed by atoms with Gasteiger partial charge in [0, 0.05) is 46.6 Å². The number of carbonyl (C=O) groups is 1. The Kier molecular flexibility index (Phi) is 10.2. The lowest BCUT2D eigenvalue weighted by molar-refractivity contribution is 0.103. The Morgan fingerprint density at radius 2 is 0.926 bits per heavy atom. The zero-order valence-corrected chi connectivity index (χ0v) is 31.7. The molecule has 0 aliphatic rings. The zero-order chi connectivity index (χ0) is 36.9. The lowest BCUT2D eigenvalue weighted by atomic mass is 10.0. The smallest absolute Gasteiger partial charge is 0.193 e. The van der Waals surface area contributed by atoms with Gasteiger partial charge < -0.3 is 9.47 Å². The average molecular weight is 847 g/mol. The lowest BCUT2D eigenvalue weighted by Crippen LogP contribution is -2.07. The number of ether oxygens (including phenoxy) is 2. The number of halogens is 2. The molecular weight excluding hydrogens is 816 g/mol. The van der Waals surface area contributed by atoms with Crippen LogP contribution in [0.5, 0.6) is 11.5 Å². The van der Waals surface area contributed by atoms with E-state index in [2.05, 4.69) is 42.1 Å². The van der Waals surface area contributed by atoms with E-state index in [1.54, 1.807) is 49.1 Å². The van der Waals surface area contributed by atoms with Gasteiger partial charge in [-0.1, -0.05) is 74.3 Å². The Balaban J connectivity index is 0.997. The molecule has 6 aromatic heterocycles. The van der Waals surface area contributed by atoms with E-state index >= 15 is 0 Å². The van der Waals surface area contributed by atoms with Crippen LogP contribution in [-0.2, 0) is 23.9 Å². The molecule has 8 aromatic rings. The SMILES string of the molecule is O=C(c1ccccc1)c1ccc(OCc2ccn(-c3cccc(-n4ccc(CBr)n4)n3)n2)c(OCc2ccn(-c3cccc(-n4ccc(CBr)n4)n3)n2)c1. The van der Waals surface area contributed by atoms with Crippen LogP contribution in [0.1, 0.15) is 38.7 Å². The van der Waals surface area contributed by atoms with Gasteiger partial charge in [0.15, 0.2) is 40.6 Å². The third kappa shape index (κ3) is 7.77. The summed E-state index contributed by atoms with van der Waals surface area (Å²) in [5, 5.41) is 19.8. The van der Waals surface area contributed by atoms with Gasteiger partial charge in [-0.2, -0.15) is 20.4 Å². The Hall–Kier alpha value is -6.19. The van der Waals surface area contributed by atoms with E-state index in [-0.39, 0.29) is 19.0 Å². The molecule has 13 nitrogen and oxygen atoms in total. The second-order valence-electron chi connectivity index (χ2n) is 11.9. The van der Waals surface area contributed by atoms with Gasteiger partial charge >= 0.3 is 0 Å². The number of ketones is 1. The fraction of sp³-hybridized carbons (Fsp3) is 0.103. The first-order valence-corrected chi connectivity index (χ1v) is 19.0. The summed E-state index contributed by atoms with van der Waals surface area (Å²) < 4.78 is 19.4. The van der Waals surface area contributed by atoms with E-state index in [1.807, 2.05) is 104 Å². The number of nitrogens with zero attached hydrogens (tertiary/aromatic N) is 10. The summed E-state index contributed by atoms with van der Waals surface area (Å²) in [6.07, 6.45) is 7.38. The van der Waals surface area contributed by atoms with E-state index < -0.39 is 0 Å². The third-order valence-corrected chi connectivity index (χ3v) is 9.37. The molecule has 0 aliphatic carbocycles. The van der Waals surface area contributed by atoms with Gasteiger partial charge in [0.05, 0.1) is 11.4 Å². The molecular formula is C39H30Br2N10O3. The lowest BCUT2D eigenvalue weighted by Gasteiger charge is -2.13. The van der Waals surface area contributed by atoms with Crippen molar-refractivity contribution in [3.8, 4) is 34.8 Å². The molecule has 54 heavy (non-hydrogen) atoms. The van der Waals surface area contributed by atoms with Crippen molar-refractivity contribution in [2.24, 2.45) is 0 Å². The Morgan fingerprint density at radius 1 is 0.481 bits per heavy atom. The van der Waals surface area contributed by atoms with Crippen molar-refractivity contribution < 1.29 is 14.3 Å². The molecule has 0 saturated heterocycles. The number of hydrogen-bond acceptors (Lipinski definition) is 9. The summed E-state index contributed by atoms with van der Waals surface area (Å²) in [5.74, 6) is 3.31. The second kappa shape index (κ2) is 15.8. The number of pyridine rings is 2. The molecule has 0 bridgehead atoms. The van der Waals surface area contributed by atoms with Crippen molar-refractivity contribution in [3.63, 3.8) is 0 Å². The molecule has 8 rings (SSSR count). The van der Waals surface area contributed by atoms with Crippen molar-refractivity contribution >= 4 is 37.6 Å². The van der Waals surface area contributed by atoms with E-state index in [1.165, 1.54) is 0 Å². The molecule has 2 aromatic carbocycles. The highest BCUT2D eigenvalue weighted by Gasteiger charge is 2.16. The van der Waals surface area contributed by atoms with Gasteiger partial charge in [-0.05, 0) is 66.7 Å². The van der Waals surface area contributed by atoms with Crippen LogP contribution in [0.3, 0.4) is 0 Å². The van der Waals surface area contributed by atoms with Gasteiger partial charge in [-0.15, -0.1) is 0 Å². The fourth-order valence-corrected chi connectivity index (χ4v) is 6.13. The number of benzene rings is 2. The van der Waals surface area contributed by atoms with Crippen molar-refractivity contribution in [1.82, 2.24) is 49.1 Å². The number of carbonyl (C=O) groups excluding carboxylic acids is 1. The van der Waals surface area contributed by atoms with Crippen LogP contribution >= 0.6 is 31.9 Å². The van der Waals surface area contributed by atoms with E-state index in [9.17, 15) is 4.79 Å². The molecule has 0 spiro atoms. The summed E-state index contributed by atoms with van der Waals surface area (Å²) in [5.41, 5.74) is 4.18. The molecule has 6 heterocycles. The fourth-order valence-electron chi connectivity index (χ4n) is 5.53. The normalized spacial score (nSPS) is 11.1. The summed E-state index contributed by atoms with van der Waals surface area (Å²) in [6, 6.07) is 33.2. The number of aromatic nitrogens is 10. The van der Waals surface area contributed by atoms with Crippen LogP contribution in [0, 0.1) is 0 Å². The molecule has 0 unspecified atom stereocenters. The van der Waals surface area contributed by atoms with Gasteiger partial charge in [0.2, 0.25) is 0 Å². The summed E-state index contributed by atoms with van der Waals surface area (Å²) in [4.78, 5) is 22.9. The van der Waals surface area contributed by atoms with Crippen molar-refractivity contribution in [2.75, 3.05) is 0 Å². The molecule has 0 radical (unpaired) electrons. The highest BCUT2D eigenvalue weighted by atomic mass is 79.9. The van der Waals surface area contributed by atoms with Gasteiger partial charge in [0.25, 0.3) is 0 Å². The van der Waals surface area contributed by atoms with Crippen molar-refractivity contribution in [2.45, 2.75) is 23.9 Å². The minimum atomic E-state index is -0.130. The highest BCUT2D eigenvalue weighted by molar-refractivity contribution is 9.08. The van der Waals surface area contributed by atoms with Crippen LogP contribution in [0.2, 0.25) is 0 Å². The van der Waals surface area contributed by atoms with Gasteiger partial charge in [0.1, 0.15) is 24.6 Å². The van der Waals surface area contributed by atoms with Crippen LogP contribution in [-0.4, -0.2) is 54.9 Å². The molecule has 0 aliphatic heterocycles. The number of hydrogen-bond donors (Lipinski definition) is 0. The van der Waals surface area contributed by atoms with Crippen LogP contribution < -0.4 is 9.47 Å². The summed E-state index contributed by atoms with van der Waals surface area (Å²) in [6.45, 7) is 0.261. The molecule has 268 valence electrons. The zero-order valence-electron chi connectivity index (χ0n) is 28.5. The summed E-state index contributed by atoms with van der Waals surface area (Å²) >= 11 is 6.87. The van der Waals surface area contributed by atoms with Crippen molar-refractivity contribution in [1.29, 1.82) is 0 Å². The maximum atomic E-state index is 13.4. The molecule has 0 atom stereocenters. The number of alkyl halides is 2.